The van der Waals surface area contributed by atoms with Gasteiger partial charge < -0.3 is 5.32 Å². The van der Waals surface area contributed by atoms with Crippen molar-refractivity contribution in [3.05, 3.63) is 0 Å². The highest BCUT2D eigenvalue weighted by Gasteiger charge is 2.37. The molecule has 10 heavy (non-hydrogen) atoms. The summed E-state index contributed by atoms with van der Waals surface area (Å²) in [6.45, 7) is 2.30. The van der Waals surface area contributed by atoms with E-state index in [1.54, 1.807) is 0 Å². The molecule has 2 rings (SSSR count). The van der Waals surface area contributed by atoms with Crippen LogP contribution in [0.4, 0.5) is 0 Å². The van der Waals surface area contributed by atoms with Crippen molar-refractivity contribution in [1.29, 1.82) is 0 Å². The predicted molar refractivity (Wildman–Crippen MR) is 43.0 cm³/mol. The maximum atomic E-state index is 3.69. The highest BCUT2D eigenvalue weighted by molar-refractivity contribution is 4.95. The van der Waals surface area contributed by atoms with Gasteiger partial charge in [0.1, 0.15) is 0 Å². The van der Waals surface area contributed by atoms with Gasteiger partial charge in [-0.15, -0.1) is 0 Å². The molecule has 2 unspecified atom stereocenters. The van der Waals surface area contributed by atoms with E-state index in [1.165, 1.54) is 32.1 Å². The summed E-state index contributed by atoms with van der Waals surface area (Å²) >= 11 is 0. The van der Waals surface area contributed by atoms with E-state index in [0.717, 1.165) is 18.0 Å². The first-order valence-electron chi connectivity index (χ1n) is 4.66. The number of hydrogen-bond acceptors (Lipinski definition) is 1. The second kappa shape index (κ2) is 2.54. The van der Waals surface area contributed by atoms with E-state index in [1.807, 2.05) is 0 Å². The molecule has 2 aliphatic carbocycles. The van der Waals surface area contributed by atoms with Gasteiger partial charge in [0, 0.05) is 12.1 Å². The standard InChI is InChI=1S/C9H17N/c1-2-7-6-9(7)10-8-4-3-5-8/h7-10H,2-6H2,1H3. The zero-order valence-electron chi connectivity index (χ0n) is 6.77. The lowest BCUT2D eigenvalue weighted by molar-refractivity contribution is 0.331. The third-order valence-electron chi connectivity index (χ3n) is 3.00. The van der Waals surface area contributed by atoms with Crippen molar-refractivity contribution in [3.63, 3.8) is 0 Å². The summed E-state index contributed by atoms with van der Waals surface area (Å²) in [4.78, 5) is 0. The molecule has 1 heteroatoms. The van der Waals surface area contributed by atoms with E-state index in [0.29, 0.717) is 0 Å². The quantitative estimate of drug-likeness (QED) is 0.630. The van der Waals surface area contributed by atoms with Crippen LogP contribution in [-0.2, 0) is 0 Å². The summed E-state index contributed by atoms with van der Waals surface area (Å²) in [6.07, 6.45) is 7.17. The SMILES string of the molecule is CCC1CC1NC1CCC1. The Morgan fingerprint density at radius 3 is 2.60 bits per heavy atom. The van der Waals surface area contributed by atoms with Gasteiger partial charge in [0.05, 0.1) is 0 Å². The van der Waals surface area contributed by atoms with Gasteiger partial charge in [-0.05, 0) is 25.2 Å². The van der Waals surface area contributed by atoms with E-state index >= 15 is 0 Å². The van der Waals surface area contributed by atoms with E-state index in [2.05, 4.69) is 12.2 Å². The maximum absolute atomic E-state index is 3.69. The molecule has 0 saturated heterocycles. The maximum Gasteiger partial charge on any atom is 0.0102 e. The first kappa shape index (κ1) is 6.66. The average Bonchev–Trinajstić information content (AvgIpc) is 2.57. The highest BCUT2D eigenvalue weighted by Crippen LogP contribution is 2.35. The predicted octanol–water partition coefficient (Wildman–Crippen LogP) is 1.93. The van der Waals surface area contributed by atoms with Crippen molar-refractivity contribution in [2.75, 3.05) is 0 Å². The minimum atomic E-state index is 0.904. The molecule has 2 atom stereocenters. The van der Waals surface area contributed by atoms with Gasteiger partial charge in [0.2, 0.25) is 0 Å². The van der Waals surface area contributed by atoms with Crippen LogP contribution in [0.15, 0.2) is 0 Å². The van der Waals surface area contributed by atoms with Crippen molar-refractivity contribution in [2.45, 2.75) is 51.1 Å². The van der Waals surface area contributed by atoms with Crippen LogP contribution in [0.1, 0.15) is 39.0 Å². The molecule has 1 N–H and O–H groups in total. The number of hydrogen-bond donors (Lipinski definition) is 1. The summed E-state index contributed by atoms with van der Waals surface area (Å²) in [5.41, 5.74) is 0. The second-order valence-electron chi connectivity index (χ2n) is 3.81. The topological polar surface area (TPSA) is 12.0 Å². The van der Waals surface area contributed by atoms with Crippen LogP contribution in [-0.4, -0.2) is 12.1 Å². The fourth-order valence-electron chi connectivity index (χ4n) is 1.78. The molecule has 0 aromatic heterocycles. The summed E-state index contributed by atoms with van der Waals surface area (Å²) in [5, 5.41) is 3.69. The molecule has 2 aliphatic rings. The molecule has 0 bridgehead atoms. The second-order valence-corrected chi connectivity index (χ2v) is 3.81. The Hall–Kier alpha value is -0.0400. The average molecular weight is 139 g/mol. The largest absolute Gasteiger partial charge is 0.311 e. The van der Waals surface area contributed by atoms with Crippen molar-refractivity contribution in [2.24, 2.45) is 5.92 Å². The Kier molecular flexibility index (Phi) is 1.69. The van der Waals surface area contributed by atoms with Gasteiger partial charge in [-0.2, -0.15) is 0 Å². The molecule has 0 aromatic rings. The van der Waals surface area contributed by atoms with Crippen LogP contribution in [0.5, 0.6) is 0 Å². The van der Waals surface area contributed by atoms with Gasteiger partial charge in [0.25, 0.3) is 0 Å². The van der Waals surface area contributed by atoms with Crippen LogP contribution in [0.25, 0.3) is 0 Å². The van der Waals surface area contributed by atoms with Crippen molar-refractivity contribution < 1.29 is 0 Å². The number of rotatable bonds is 3. The Balaban J connectivity index is 1.63. The summed E-state index contributed by atoms with van der Waals surface area (Å²) in [7, 11) is 0. The van der Waals surface area contributed by atoms with Crippen LogP contribution >= 0.6 is 0 Å². The van der Waals surface area contributed by atoms with Crippen LogP contribution in [0.3, 0.4) is 0 Å². The van der Waals surface area contributed by atoms with Crippen LogP contribution < -0.4 is 5.32 Å². The molecule has 0 amide bonds. The monoisotopic (exact) mass is 139 g/mol. The minimum absolute atomic E-state index is 0.904. The lowest BCUT2D eigenvalue weighted by Crippen LogP contribution is -2.37. The first-order chi connectivity index (χ1) is 4.90. The van der Waals surface area contributed by atoms with E-state index in [-0.39, 0.29) is 0 Å². The van der Waals surface area contributed by atoms with Gasteiger partial charge in [0.15, 0.2) is 0 Å². The first-order valence-corrected chi connectivity index (χ1v) is 4.66. The Morgan fingerprint density at radius 1 is 1.40 bits per heavy atom. The van der Waals surface area contributed by atoms with Gasteiger partial charge in [-0.3, -0.25) is 0 Å². The Morgan fingerprint density at radius 2 is 2.20 bits per heavy atom. The summed E-state index contributed by atoms with van der Waals surface area (Å²) < 4.78 is 0. The Labute approximate surface area is 63.2 Å². The molecule has 58 valence electrons. The van der Waals surface area contributed by atoms with E-state index in [9.17, 15) is 0 Å². The molecule has 0 aliphatic heterocycles. The van der Waals surface area contributed by atoms with E-state index < -0.39 is 0 Å². The highest BCUT2D eigenvalue weighted by atomic mass is 15.0. The summed E-state index contributed by atoms with van der Waals surface area (Å²) in [5.74, 6) is 1.03. The van der Waals surface area contributed by atoms with Gasteiger partial charge in [-0.25, -0.2) is 0 Å². The van der Waals surface area contributed by atoms with Crippen molar-refractivity contribution >= 4 is 0 Å². The molecule has 0 radical (unpaired) electrons. The molecular formula is C9H17N. The fourth-order valence-corrected chi connectivity index (χ4v) is 1.78. The third-order valence-corrected chi connectivity index (χ3v) is 3.00. The molecule has 0 heterocycles. The van der Waals surface area contributed by atoms with E-state index in [4.69, 9.17) is 0 Å². The van der Waals surface area contributed by atoms with Crippen LogP contribution in [0.2, 0.25) is 0 Å². The van der Waals surface area contributed by atoms with Crippen LogP contribution in [0, 0.1) is 5.92 Å². The molecule has 2 fully saturated rings. The minimum Gasteiger partial charge on any atom is -0.311 e. The van der Waals surface area contributed by atoms with Gasteiger partial charge in [-0.1, -0.05) is 19.8 Å². The summed E-state index contributed by atoms with van der Waals surface area (Å²) in [6, 6.07) is 1.82. The van der Waals surface area contributed by atoms with Crippen molar-refractivity contribution in [1.82, 2.24) is 5.32 Å². The fraction of sp³-hybridized carbons (Fsp3) is 1.00. The lowest BCUT2D eigenvalue weighted by atomic mass is 9.93. The molecule has 0 spiro atoms. The Bertz CT molecular complexity index is 118. The lowest BCUT2D eigenvalue weighted by Gasteiger charge is -2.26. The molecule has 1 nitrogen and oxygen atoms in total. The zero-order valence-corrected chi connectivity index (χ0v) is 6.77. The normalized spacial score (nSPS) is 39.3. The zero-order chi connectivity index (χ0) is 6.97. The number of nitrogens with one attached hydrogen (secondary N) is 1. The van der Waals surface area contributed by atoms with Crippen molar-refractivity contribution in [3.8, 4) is 0 Å². The molecular weight excluding hydrogens is 122 g/mol. The molecule has 0 aromatic carbocycles. The molecule has 2 saturated carbocycles. The smallest absolute Gasteiger partial charge is 0.0102 e. The van der Waals surface area contributed by atoms with Gasteiger partial charge >= 0.3 is 0 Å². The third kappa shape index (κ3) is 1.20.